The van der Waals surface area contributed by atoms with E-state index in [-0.39, 0.29) is 0 Å². The summed E-state index contributed by atoms with van der Waals surface area (Å²) in [5.74, 6) is 2.00. The highest BCUT2D eigenvalue weighted by Crippen LogP contribution is 2.30. The largest absolute Gasteiger partial charge is 0.494 e. The zero-order valence-electron chi connectivity index (χ0n) is 37.7. The maximum atomic E-state index is 6.20. The second-order valence-electron chi connectivity index (χ2n) is 17.4. The van der Waals surface area contributed by atoms with E-state index in [2.05, 4.69) is 87.5 Å². The number of hydrogen-bond acceptors (Lipinski definition) is 2. The lowest BCUT2D eigenvalue weighted by atomic mass is 9.99. The van der Waals surface area contributed by atoms with E-state index in [0.29, 0.717) is 0 Å². The van der Waals surface area contributed by atoms with Crippen LogP contribution < -0.4 is 9.47 Å². The summed E-state index contributed by atoms with van der Waals surface area (Å²) in [6, 6.07) is 24.2. The second kappa shape index (κ2) is 34.2. The predicted octanol–water partition coefficient (Wildman–Crippen LogP) is 18.6. The van der Waals surface area contributed by atoms with Gasteiger partial charge in [-0.25, -0.2) is 0 Å². The molecule has 0 fully saturated rings. The molecule has 3 aromatic carbocycles. The van der Waals surface area contributed by atoms with Crippen molar-refractivity contribution in [2.75, 3.05) is 13.2 Å². The Morgan fingerprint density at radius 1 is 0.298 bits per heavy atom. The molecule has 0 radical (unpaired) electrons. The van der Waals surface area contributed by atoms with Crippen LogP contribution in [-0.4, -0.2) is 13.2 Å². The van der Waals surface area contributed by atoms with Gasteiger partial charge in [-0.2, -0.15) is 0 Å². The first-order chi connectivity index (χ1) is 28.2. The van der Waals surface area contributed by atoms with Crippen molar-refractivity contribution in [2.24, 2.45) is 0 Å². The summed E-state index contributed by atoms with van der Waals surface area (Å²) in [7, 11) is 0. The zero-order chi connectivity index (χ0) is 40.3. The molecule has 0 aliphatic carbocycles. The van der Waals surface area contributed by atoms with Gasteiger partial charge in [0.05, 0.1) is 13.2 Å². The molecular formula is C55H88O2. The summed E-state index contributed by atoms with van der Waals surface area (Å²) in [6.45, 7) is 8.40. The molecule has 0 bridgehead atoms. The summed E-state index contributed by atoms with van der Waals surface area (Å²) >= 11 is 0. The predicted molar refractivity (Wildman–Crippen MR) is 252 cm³/mol. The van der Waals surface area contributed by atoms with Gasteiger partial charge in [-0.05, 0) is 71.8 Å². The molecule has 3 aromatic rings. The van der Waals surface area contributed by atoms with E-state index in [1.54, 1.807) is 0 Å². The Bertz CT molecular complexity index is 1330. The van der Waals surface area contributed by atoms with Crippen LogP contribution >= 0.6 is 0 Å². The van der Waals surface area contributed by atoms with Crippen LogP contribution in [0.5, 0.6) is 11.5 Å². The van der Waals surface area contributed by atoms with Crippen molar-refractivity contribution in [2.45, 2.75) is 226 Å². The first kappa shape index (κ1) is 48.6. The van der Waals surface area contributed by atoms with Gasteiger partial charge in [-0.1, -0.05) is 249 Å². The number of ether oxygens (including phenoxy) is 2. The molecule has 3 rings (SSSR count). The van der Waals surface area contributed by atoms with Gasteiger partial charge < -0.3 is 9.47 Å². The van der Waals surface area contributed by atoms with Crippen LogP contribution in [0.25, 0.3) is 22.3 Å². The second-order valence-corrected chi connectivity index (χ2v) is 17.4. The molecule has 0 aliphatic heterocycles. The molecule has 0 amide bonds. The van der Waals surface area contributed by atoms with Crippen LogP contribution in [0, 0.1) is 6.92 Å². The topological polar surface area (TPSA) is 18.5 Å². The summed E-state index contributed by atoms with van der Waals surface area (Å²) in [5, 5.41) is 0. The highest BCUT2D eigenvalue weighted by atomic mass is 16.5. The molecule has 2 nitrogen and oxygen atoms in total. The van der Waals surface area contributed by atoms with Gasteiger partial charge in [-0.15, -0.1) is 0 Å². The smallest absolute Gasteiger partial charge is 0.122 e. The van der Waals surface area contributed by atoms with Crippen LogP contribution in [0.4, 0.5) is 0 Å². The standard InChI is InChI=1S/C55H88O2/c1-4-6-8-10-12-14-16-18-20-22-24-26-28-30-32-34-46-56-54-43-40-51(41-44-54)50-36-38-52(39-37-50)53-42-45-55(49(3)48-53)57-47-35-33-31-29-27-25-23-21-19-17-15-13-11-9-7-5-2/h36-45,48H,4-35,46-47H2,1-3H3. The van der Waals surface area contributed by atoms with Gasteiger partial charge in [-0.3, -0.25) is 0 Å². The van der Waals surface area contributed by atoms with Gasteiger partial charge in [0.25, 0.3) is 0 Å². The highest BCUT2D eigenvalue weighted by molar-refractivity contribution is 5.71. The molecule has 0 heterocycles. The maximum Gasteiger partial charge on any atom is 0.122 e. The van der Waals surface area contributed by atoms with E-state index in [4.69, 9.17) is 9.47 Å². The molecule has 320 valence electrons. The summed E-state index contributed by atoms with van der Waals surface area (Å²) in [6.07, 6.45) is 44.6. The Morgan fingerprint density at radius 2 is 0.579 bits per heavy atom. The summed E-state index contributed by atoms with van der Waals surface area (Å²) in [5.41, 5.74) is 6.16. The Morgan fingerprint density at radius 3 is 0.930 bits per heavy atom. The van der Waals surface area contributed by atoms with E-state index >= 15 is 0 Å². The van der Waals surface area contributed by atoms with Crippen molar-refractivity contribution in [1.29, 1.82) is 0 Å². The summed E-state index contributed by atoms with van der Waals surface area (Å²) in [4.78, 5) is 0. The van der Waals surface area contributed by atoms with Gasteiger partial charge in [0.1, 0.15) is 11.5 Å². The Balaban J connectivity index is 1.18. The summed E-state index contributed by atoms with van der Waals surface area (Å²) < 4.78 is 12.3. The van der Waals surface area contributed by atoms with Crippen molar-refractivity contribution in [3.8, 4) is 33.8 Å². The van der Waals surface area contributed by atoms with E-state index in [1.165, 1.54) is 220 Å². The Hall–Kier alpha value is -2.74. The molecule has 2 heteroatoms. The molecule has 0 aromatic heterocycles. The lowest BCUT2D eigenvalue weighted by molar-refractivity contribution is 0.302. The molecule has 0 unspecified atom stereocenters. The van der Waals surface area contributed by atoms with Crippen molar-refractivity contribution in [1.82, 2.24) is 0 Å². The SMILES string of the molecule is CCCCCCCCCCCCCCCCCCOc1ccc(-c2ccc(-c3ccc(OCCCCCCCCCCCCCCCCCC)c(C)c3)cc2)cc1. The van der Waals surface area contributed by atoms with Crippen molar-refractivity contribution >= 4 is 0 Å². The maximum absolute atomic E-state index is 6.20. The van der Waals surface area contributed by atoms with E-state index in [9.17, 15) is 0 Å². The van der Waals surface area contributed by atoms with Gasteiger partial charge in [0.2, 0.25) is 0 Å². The minimum Gasteiger partial charge on any atom is -0.494 e. The van der Waals surface area contributed by atoms with Crippen LogP contribution in [0.15, 0.2) is 66.7 Å². The van der Waals surface area contributed by atoms with Crippen molar-refractivity contribution < 1.29 is 9.47 Å². The molecule has 0 saturated heterocycles. The van der Waals surface area contributed by atoms with E-state index < -0.39 is 0 Å². The molecule has 0 spiro atoms. The third kappa shape index (κ3) is 24.1. The van der Waals surface area contributed by atoms with Crippen LogP contribution in [0.3, 0.4) is 0 Å². The molecule has 0 atom stereocenters. The zero-order valence-corrected chi connectivity index (χ0v) is 37.7. The molecule has 0 N–H and O–H groups in total. The Labute approximate surface area is 353 Å². The minimum atomic E-state index is 0.815. The quantitative estimate of drug-likeness (QED) is 0.0539. The van der Waals surface area contributed by atoms with E-state index in [1.807, 2.05) is 0 Å². The number of unbranched alkanes of at least 4 members (excludes halogenated alkanes) is 30. The Kier molecular flexibility index (Phi) is 29.1. The fourth-order valence-corrected chi connectivity index (χ4v) is 8.26. The average Bonchev–Trinajstić information content (AvgIpc) is 3.24. The first-order valence-corrected chi connectivity index (χ1v) is 24.8. The number of rotatable bonds is 38. The molecule has 0 aliphatic rings. The minimum absolute atomic E-state index is 0.815. The van der Waals surface area contributed by atoms with Crippen LogP contribution in [0.1, 0.15) is 225 Å². The van der Waals surface area contributed by atoms with Gasteiger partial charge >= 0.3 is 0 Å². The monoisotopic (exact) mass is 781 g/mol. The van der Waals surface area contributed by atoms with Crippen molar-refractivity contribution in [3.63, 3.8) is 0 Å². The highest BCUT2D eigenvalue weighted by Gasteiger charge is 2.06. The number of hydrogen-bond donors (Lipinski definition) is 0. The number of benzene rings is 3. The first-order valence-electron chi connectivity index (χ1n) is 24.8. The fourth-order valence-electron chi connectivity index (χ4n) is 8.26. The lowest BCUT2D eigenvalue weighted by Crippen LogP contribution is -1.99. The number of aryl methyl sites for hydroxylation is 1. The third-order valence-electron chi connectivity index (χ3n) is 12.1. The molecule has 0 saturated carbocycles. The lowest BCUT2D eigenvalue weighted by Gasteiger charge is -2.12. The van der Waals surface area contributed by atoms with Gasteiger partial charge in [0, 0.05) is 0 Å². The van der Waals surface area contributed by atoms with E-state index in [0.717, 1.165) is 37.6 Å². The molecule has 57 heavy (non-hydrogen) atoms. The normalized spacial score (nSPS) is 11.4. The molecular weight excluding hydrogens is 693 g/mol. The van der Waals surface area contributed by atoms with Crippen LogP contribution in [0.2, 0.25) is 0 Å². The van der Waals surface area contributed by atoms with Crippen molar-refractivity contribution in [3.05, 3.63) is 72.3 Å². The third-order valence-corrected chi connectivity index (χ3v) is 12.1. The van der Waals surface area contributed by atoms with Crippen LogP contribution in [-0.2, 0) is 0 Å². The average molecular weight is 781 g/mol. The van der Waals surface area contributed by atoms with Gasteiger partial charge in [0.15, 0.2) is 0 Å². The fraction of sp³-hybridized carbons (Fsp3) is 0.673.